The number of morpholine rings is 1. The van der Waals surface area contributed by atoms with Crippen LogP contribution in [0.1, 0.15) is 43.0 Å². The van der Waals surface area contributed by atoms with Gasteiger partial charge in [-0.15, -0.1) is 11.3 Å². The van der Waals surface area contributed by atoms with Gasteiger partial charge in [0.15, 0.2) is 11.5 Å². The van der Waals surface area contributed by atoms with E-state index >= 15 is 0 Å². The molecule has 2 unspecified atom stereocenters. The predicted octanol–water partition coefficient (Wildman–Crippen LogP) is 4.19. The minimum Gasteiger partial charge on any atom is -0.493 e. The maximum Gasteiger partial charge on any atom is 0.341 e. The summed E-state index contributed by atoms with van der Waals surface area (Å²) in [7, 11) is 3.14. The van der Waals surface area contributed by atoms with Gasteiger partial charge in [0.25, 0.3) is 0 Å². The summed E-state index contributed by atoms with van der Waals surface area (Å²) in [4.78, 5) is 28.2. The molecule has 1 aromatic heterocycles. The third-order valence-electron chi connectivity index (χ3n) is 6.41. The zero-order valence-corrected chi connectivity index (χ0v) is 20.7. The fourth-order valence-electron chi connectivity index (χ4n) is 4.80. The number of carbonyl (C=O) groups is 2. The van der Waals surface area contributed by atoms with Crippen molar-refractivity contribution in [2.75, 3.05) is 45.8 Å². The van der Waals surface area contributed by atoms with Crippen LogP contribution >= 0.6 is 11.3 Å². The molecule has 2 aromatic rings. The number of anilines is 1. The van der Waals surface area contributed by atoms with Crippen LogP contribution in [0, 0.1) is 0 Å². The van der Waals surface area contributed by atoms with Crippen LogP contribution in [0.5, 0.6) is 11.5 Å². The number of thiophene rings is 1. The SMILES string of the molecule is CCOC(=O)c1c(-c2ccc(OC)c(OC)c2)csc1NC(=O)CN1CCOC2CCCCC21. The number of rotatable bonds is 8. The summed E-state index contributed by atoms with van der Waals surface area (Å²) in [6.07, 6.45) is 4.65. The summed E-state index contributed by atoms with van der Waals surface area (Å²) < 4.78 is 22.0. The van der Waals surface area contributed by atoms with Gasteiger partial charge in [-0.1, -0.05) is 18.9 Å². The van der Waals surface area contributed by atoms with E-state index in [1.807, 2.05) is 17.5 Å². The normalized spacial score (nSPS) is 20.3. The second-order valence-corrected chi connectivity index (χ2v) is 9.30. The molecule has 2 aliphatic rings. The Morgan fingerprint density at radius 1 is 1.18 bits per heavy atom. The largest absolute Gasteiger partial charge is 0.493 e. The Morgan fingerprint density at radius 2 is 1.97 bits per heavy atom. The topological polar surface area (TPSA) is 86.3 Å². The third kappa shape index (κ3) is 5.21. The number of ether oxygens (including phenoxy) is 4. The number of amides is 1. The number of nitrogens with one attached hydrogen (secondary N) is 1. The Kier molecular flexibility index (Phi) is 8.07. The van der Waals surface area contributed by atoms with Crippen molar-refractivity contribution in [2.45, 2.75) is 44.8 Å². The van der Waals surface area contributed by atoms with Gasteiger partial charge >= 0.3 is 5.97 Å². The van der Waals surface area contributed by atoms with Gasteiger partial charge in [-0.2, -0.15) is 0 Å². The minimum atomic E-state index is -0.470. The Labute approximate surface area is 204 Å². The van der Waals surface area contributed by atoms with E-state index in [-0.39, 0.29) is 31.2 Å². The molecule has 2 fully saturated rings. The number of hydrogen-bond acceptors (Lipinski definition) is 8. The highest BCUT2D eigenvalue weighted by Crippen LogP contribution is 2.39. The molecule has 0 radical (unpaired) electrons. The van der Waals surface area contributed by atoms with E-state index in [1.54, 1.807) is 27.2 Å². The summed E-state index contributed by atoms with van der Waals surface area (Å²) in [5, 5.41) is 5.32. The van der Waals surface area contributed by atoms with Crippen LogP contribution in [-0.4, -0.2) is 69.4 Å². The van der Waals surface area contributed by atoms with Crippen LogP contribution in [0.15, 0.2) is 23.6 Å². The van der Waals surface area contributed by atoms with Crippen molar-refractivity contribution in [2.24, 2.45) is 0 Å². The van der Waals surface area contributed by atoms with Crippen molar-refractivity contribution in [1.29, 1.82) is 0 Å². The Bertz CT molecular complexity index is 1020. The van der Waals surface area contributed by atoms with E-state index in [0.717, 1.165) is 31.4 Å². The van der Waals surface area contributed by atoms with E-state index in [9.17, 15) is 9.59 Å². The van der Waals surface area contributed by atoms with Crippen molar-refractivity contribution in [3.05, 3.63) is 29.1 Å². The molecule has 1 amide bonds. The van der Waals surface area contributed by atoms with E-state index < -0.39 is 5.97 Å². The zero-order chi connectivity index (χ0) is 24.1. The molecule has 1 saturated heterocycles. The van der Waals surface area contributed by atoms with Gasteiger partial charge < -0.3 is 24.3 Å². The van der Waals surface area contributed by atoms with Crippen molar-refractivity contribution in [1.82, 2.24) is 4.90 Å². The van der Waals surface area contributed by atoms with Crippen LogP contribution in [-0.2, 0) is 14.3 Å². The van der Waals surface area contributed by atoms with Gasteiger partial charge in [0, 0.05) is 23.5 Å². The molecule has 1 N–H and O–H groups in total. The van der Waals surface area contributed by atoms with E-state index in [0.29, 0.717) is 34.2 Å². The van der Waals surface area contributed by atoms with Gasteiger partial charge in [-0.05, 0) is 37.5 Å². The molecule has 2 heterocycles. The van der Waals surface area contributed by atoms with Crippen LogP contribution in [0.3, 0.4) is 0 Å². The summed E-state index contributed by atoms with van der Waals surface area (Å²) in [5.41, 5.74) is 1.80. The lowest BCUT2D eigenvalue weighted by Crippen LogP contribution is -2.54. The molecule has 1 saturated carbocycles. The first-order chi connectivity index (χ1) is 16.5. The number of hydrogen-bond donors (Lipinski definition) is 1. The van der Waals surface area contributed by atoms with Crippen molar-refractivity contribution in [3.8, 4) is 22.6 Å². The number of esters is 1. The smallest absolute Gasteiger partial charge is 0.341 e. The first kappa shape index (κ1) is 24.5. The average molecular weight is 489 g/mol. The highest BCUT2D eigenvalue weighted by atomic mass is 32.1. The lowest BCUT2D eigenvalue weighted by atomic mass is 9.90. The number of benzene rings is 1. The number of fused-ring (bicyclic) bond motifs is 1. The fraction of sp³-hybridized carbons (Fsp3) is 0.520. The molecule has 1 aromatic carbocycles. The molecule has 184 valence electrons. The van der Waals surface area contributed by atoms with Crippen molar-refractivity contribution in [3.63, 3.8) is 0 Å². The van der Waals surface area contributed by atoms with E-state index in [1.165, 1.54) is 17.8 Å². The van der Waals surface area contributed by atoms with Crippen LogP contribution in [0.25, 0.3) is 11.1 Å². The van der Waals surface area contributed by atoms with Gasteiger partial charge in [0.05, 0.1) is 40.1 Å². The lowest BCUT2D eigenvalue weighted by molar-refractivity contribution is -0.124. The van der Waals surface area contributed by atoms with Gasteiger partial charge in [0.2, 0.25) is 5.91 Å². The number of carbonyl (C=O) groups excluding carboxylic acids is 2. The first-order valence-electron chi connectivity index (χ1n) is 11.7. The van der Waals surface area contributed by atoms with Crippen LogP contribution in [0.4, 0.5) is 5.00 Å². The fourth-order valence-corrected chi connectivity index (χ4v) is 5.77. The second kappa shape index (κ2) is 11.2. The highest BCUT2D eigenvalue weighted by molar-refractivity contribution is 7.15. The average Bonchev–Trinajstić information content (AvgIpc) is 3.27. The van der Waals surface area contributed by atoms with E-state index in [2.05, 4.69) is 10.2 Å². The van der Waals surface area contributed by atoms with Gasteiger partial charge in [-0.3, -0.25) is 9.69 Å². The molecular weight excluding hydrogens is 456 g/mol. The van der Waals surface area contributed by atoms with E-state index in [4.69, 9.17) is 18.9 Å². The van der Waals surface area contributed by atoms with Gasteiger partial charge in [0.1, 0.15) is 10.6 Å². The molecular formula is C25H32N2O6S. The summed E-state index contributed by atoms with van der Waals surface area (Å²) in [6, 6.07) is 5.74. The summed E-state index contributed by atoms with van der Waals surface area (Å²) >= 11 is 1.31. The van der Waals surface area contributed by atoms with Gasteiger partial charge in [-0.25, -0.2) is 4.79 Å². The first-order valence-corrected chi connectivity index (χ1v) is 12.6. The number of nitrogens with zero attached hydrogens (tertiary/aromatic N) is 1. The molecule has 0 spiro atoms. The molecule has 0 bridgehead atoms. The minimum absolute atomic E-state index is 0.141. The molecule has 2 atom stereocenters. The Morgan fingerprint density at radius 3 is 2.74 bits per heavy atom. The van der Waals surface area contributed by atoms with Crippen LogP contribution in [0.2, 0.25) is 0 Å². The monoisotopic (exact) mass is 488 g/mol. The Balaban J connectivity index is 1.56. The maximum atomic E-state index is 13.0. The zero-order valence-electron chi connectivity index (χ0n) is 19.9. The molecule has 9 heteroatoms. The molecule has 4 rings (SSSR count). The van der Waals surface area contributed by atoms with Crippen LogP contribution < -0.4 is 14.8 Å². The molecule has 8 nitrogen and oxygen atoms in total. The Hall–Kier alpha value is -2.62. The highest BCUT2D eigenvalue weighted by Gasteiger charge is 2.35. The summed E-state index contributed by atoms with van der Waals surface area (Å²) in [5.74, 6) is 0.542. The molecule has 1 aliphatic heterocycles. The predicted molar refractivity (Wildman–Crippen MR) is 131 cm³/mol. The lowest BCUT2D eigenvalue weighted by Gasteiger charge is -2.43. The third-order valence-corrected chi connectivity index (χ3v) is 7.31. The number of methoxy groups -OCH3 is 2. The molecule has 1 aliphatic carbocycles. The maximum absolute atomic E-state index is 13.0. The quantitative estimate of drug-likeness (QED) is 0.558. The summed E-state index contributed by atoms with van der Waals surface area (Å²) in [6.45, 7) is 3.66. The second-order valence-electron chi connectivity index (χ2n) is 8.42. The van der Waals surface area contributed by atoms with Crippen molar-refractivity contribution < 1.29 is 28.5 Å². The standard InChI is InChI=1S/C25H32N2O6S/c1-4-32-25(29)23-17(16-9-10-20(30-2)21(13-16)31-3)15-34-24(23)26-22(28)14-27-11-12-33-19-8-6-5-7-18(19)27/h9-10,13,15,18-19H,4-8,11-12,14H2,1-3H3,(H,26,28). The van der Waals surface area contributed by atoms with Crippen molar-refractivity contribution >= 4 is 28.2 Å². The molecule has 34 heavy (non-hydrogen) atoms.